The maximum Gasteiger partial charge on any atom is 0.418 e. The minimum atomic E-state index is -4.93. The van der Waals surface area contributed by atoms with Crippen molar-refractivity contribution < 1.29 is 32.4 Å². The van der Waals surface area contributed by atoms with Gasteiger partial charge in [-0.05, 0) is 32.0 Å². The van der Waals surface area contributed by atoms with E-state index in [4.69, 9.17) is 4.74 Å². The summed E-state index contributed by atoms with van der Waals surface area (Å²) < 4.78 is 44.4. The monoisotopic (exact) mass is 396 g/mol. The minimum Gasteiger partial charge on any atom is -0.449 e. The Morgan fingerprint density at radius 1 is 1.18 bits per heavy atom. The fourth-order valence-corrected chi connectivity index (χ4v) is 2.28. The third kappa shape index (κ3) is 5.06. The number of nitrogens with one attached hydrogen (secondary N) is 1. The first kappa shape index (κ1) is 20.9. The second-order valence-corrected chi connectivity index (χ2v) is 5.89. The molecule has 148 valence electrons. The van der Waals surface area contributed by atoms with E-state index >= 15 is 0 Å². The Balaban J connectivity index is 2.17. The number of amides is 1. The molecule has 2 rings (SSSR count). The maximum absolute atomic E-state index is 13.2. The van der Waals surface area contributed by atoms with Gasteiger partial charge in [-0.25, -0.2) is 4.79 Å². The summed E-state index contributed by atoms with van der Waals surface area (Å²) in [7, 11) is 0. The quantitative estimate of drug-likeness (QED) is 0.466. The predicted molar refractivity (Wildman–Crippen MR) is 92.8 cm³/mol. The molecule has 1 amide bonds. The van der Waals surface area contributed by atoms with Crippen molar-refractivity contribution in [3.63, 3.8) is 0 Å². The highest BCUT2D eigenvalue weighted by atomic mass is 19.4. The van der Waals surface area contributed by atoms with Crippen molar-refractivity contribution in [3.05, 3.63) is 69.3 Å². The second-order valence-electron chi connectivity index (χ2n) is 5.89. The van der Waals surface area contributed by atoms with E-state index in [1.54, 1.807) is 19.1 Å². The van der Waals surface area contributed by atoms with E-state index in [1.165, 1.54) is 19.1 Å². The van der Waals surface area contributed by atoms with Gasteiger partial charge in [-0.15, -0.1) is 0 Å². The van der Waals surface area contributed by atoms with Crippen LogP contribution in [0.4, 0.5) is 24.5 Å². The molecule has 0 aliphatic carbocycles. The van der Waals surface area contributed by atoms with Crippen molar-refractivity contribution in [3.8, 4) is 0 Å². The summed E-state index contributed by atoms with van der Waals surface area (Å²) in [6, 6.07) is 8.29. The van der Waals surface area contributed by atoms with Crippen LogP contribution in [0.2, 0.25) is 0 Å². The highest BCUT2D eigenvalue weighted by molar-refractivity contribution is 5.98. The number of benzene rings is 2. The third-order valence-corrected chi connectivity index (χ3v) is 3.68. The van der Waals surface area contributed by atoms with Crippen molar-refractivity contribution in [1.29, 1.82) is 0 Å². The smallest absolute Gasteiger partial charge is 0.418 e. The van der Waals surface area contributed by atoms with Gasteiger partial charge in [0.25, 0.3) is 11.6 Å². The number of nitro groups is 1. The average Bonchev–Trinajstić information content (AvgIpc) is 2.60. The van der Waals surface area contributed by atoms with Gasteiger partial charge in [0.15, 0.2) is 6.10 Å². The minimum absolute atomic E-state index is 0.186. The molecule has 28 heavy (non-hydrogen) atoms. The second kappa shape index (κ2) is 8.07. The number of rotatable bonds is 5. The number of aryl methyl sites for hydroxylation is 1. The largest absolute Gasteiger partial charge is 0.449 e. The van der Waals surface area contributed by atoms with Crippen LogP contribution in [0.25, 0.3) is 0 Å². The maximum atomic E-state index is 13.2. The molecule has 0 aliphatic heterocycles. The number of nitro benzene ring substituents is 1. The van der Waals surface area contributed by atoms with Crippen LogP contribution in [0.5, 0.6) is 0 Å². The summed E-state index contributed by atoms with van der Waals surface area (Å²) in [4.78, 5) is 33.9. The Morgan fingerprint density at radius 2 is 1.86 bits per heavy atom. The number of carbonyl (C=O) groups excluding carboxylic acids is 2. The van der Waals surface area contributed by atoms with Crippen LogP contribution in [0.1, 0.15) is 28.4 Å². The lowest BCUT2D eigenvalue weighted by atomic mass is 10.1. The molecule has 2 aromatic rings. The number of hydrogen-bond donors (Lipinski definition) is 1. The normalized spacial score (nSPS) is 12.2. The zero-order valence-corrected chi connectivity index (χ0v) is 14.7. The number of alkyl halides is 3. The SMILES string of the molecule is Cc1cccc(C(=O)O[C@H](C)C(=O)Nc2ccc([N+](=O)[O-])cc2C(F)(F)F)c1. The molecule has 0 radical (unpaired) electrons. The van der Waals surface area contributed by atoms with Crippen LogP contribution in [0.3, 0.4) is 0 Å². The van der Waals surface area contributed by atoms with Crippen LogP contribution in [-0.4, -0.2) is 22.9 Å². The number of ether oxygens (including phenoxy) is 1. The summed E-state index contributed by atoms with van der Waals surface area (Å²) in [5.41, 5.74) is -1.86. The summed E-state index contributed by atoms with van der Waals surface area (Å²) in [6.45, 7) is 2.95. The lowest BCUT2D eigenvalue weighted by Crippen LogP contribution is -2.30. The Kier molecular flexibility index (Phi) is 6.02. The summed E-state index contributed by atoms with van der Waals surface area (Å²) in [5.74, 6) is -1.83. The van der Waals surface area contributed by atoms with Crippen molar-refractivity contribution in [2.45, 2.75) is 26.1 Å². The molecule has 2 aromatic carbocycles. The molecule has 0 saturated heterocycles. The topological polar surface area (TPSA) is 98.5 Å². The van der Waals surface area contributed by atoms with Crippen molar-refractivity contribution in [2.75, 3.05) is 5.32 Å². The van der Waals surface area contributed by atoms with Crippen LogP contribution in [0.15, 0.2) is 42.5 Å². The first-order valence-electron chi connectivity index (χ1n) is 7.93. The first-order chi connectivity index (χ1) is 13.0. The van der Waals surface area contributed by atoms with E-state index in [1.807, 2.05) is 5.32 Å². The van der Waals surface area contributed by atoms with Gasteiger partial charge in [-0.3, -0.25) is 14.9 Å². The molecular weight excluding hydrogens is 381 g/mol. The van der Waals surface area contributed by atoms with E-state index in [0.29, 0.717) is 6.07 Å². The Bertz CT molecular complexity index is 928. The van der Waals surface area contributed by atoms with E-state index < -0.39 is 46.0 Å². The van der Waals surface area contributed by atoms with Crippen LogP contribution >= 0.6 is 0 Å². The summed E-state index contributed by atoms with van der Waals surface area (Å²) >= 11 is 0. The van der Waals surface area contributed by atoms with Crippen LogP contribution in [-0.2, 0) is 15.7 Å². The van der Waals surface area contributed by atoms with Crippen LogP contribution < -0.4 is 5.32 Å². The average molecular weight is 396 g/mol. The Morgan fingerprint density at radius 3 is 2.43 bits per heavy atom. The molecule has 0 unspecified atom stereocenters. The molecule has 0 heterocycles. The number of esters is 1. The van der Waals surface area contributed by atoms with E-state index in [0.717, 1.165) is 17.7 Å². The highest BCUT2D eigenvalue weighted by Gasteiger charge is 2.36. The van der Waals surface area contributed by atoms with Crippen molar-refractivity contribution in [2.24, 2.45) is 0 Å². The van der Waals surface area contributed by atoms with Gasteiger partial charge in [-0.2, -0.15) is 13.2 Å². The van der Waals surface area contributed by atoms with Gasteiger partial charge in [0.2, 0.25) is 0 Å². The number of non-ortho nitro benzene ring substituents is 1. The van der Waals surface area contributed by atoms with Gasteiger partial charge < -0.3 is 10.1 Å². The lowest BCUT2D eigenvalue weighted by molar-refractivity contribution is -0.385. The van der Waals surface area contributed by atoms with Crippen molar-refractivity contribution in [1.82, 2.24) is 0 Å². The molecule has 0 aliphatic rings. The summed E-state index contributed by atoms with van der Waals surface area (Å²) in [5, 5.41) is 12.7. The molecule has 0 fully saturated rings. The van der Waals surface area contributed by atoms with E-state index in [2.05, 4.69) is 0 Å². The number of hydrogen-bond acceptors (Lipinski definition) is 5. The van der Waals surface area contributed by atoms with E-state index in [9.17, 15) is 32.9 Å². The highest BCUT2D eigenvalue weighted by Crippen LogP contribution is 2.37. The first-order valence-corrected chi connectivity index (χ1v) is 7.93. The molecule has 10 heteroatoms. The molecule has 0 bridgehead atoms. The molecule has 0 spiro atoms. The zero-order chi connectivity index (χ0) is 21.1. The lowest BCUT2D eigenvalue weighted by Gasteiger charge is -2.17. The van der Waals surface area contributed by atoms with Crippen molar-refractivity contribution >= 4 is 23.3 Å². The molecule has 1 N–H and O–H groups in total. The Labute approximate surface area is 157 Å². The Hall–Kier alpha value is -3.43. The molecule has 0 aromatic heterocycles. The van der Waals surface area contributed by atoms with Gasteiger partial charge in [0, 0.05) is 12.1 Å². The standard InChI is InChI=1S/C18H15F3N2O5/c1-10-4-3-5-12(8-10)17(25)28-11(2)16(24)22-15-7-6-13(23(26)27)9-14(15)18(19,20)21/h3-9,11H,1-2H3,(H,22,24)/t11-/m1/s1. The molecule has 7 nitrogen and oxygen atoms in total. The molecule has 0 saturated carbocycles. The van der Waals surface area contributed by atoms with Crippen LogP contribution in [0, 0.1) is 17.0 Å². The van der Waals surface area contributed by atoms with Gasteiger partial charge in [-0.1, -0.05) is 17.7 Å². The van der Waals surface area contributed by atoms with Gasteiger partial charge >= 0.3 is 12.1 Å². The molecule has 1 atom stereocenters. The third-order valence-electron chi connectivity index (χ3n) is 3.68. The number of anilines is 1. The zero-order valence-electron chi connectivity index (χ0n) is 14.7. The number of nitrogens with zero attached hydrogens (tertiary/aromatic N) is 1. The summed E-state index contributed by atoms with van der Waals surface area (Å²) in [6.07, 6.45) is -6.33. The van der Waals surface area contributed by atoms with E-state index in [-0.39, 0.29) is 5.56 Å². The molecular formula is C18H15F3N2O5. The van der Waals surface area contributed by atoms with Gasteiger partial charge in [0.1, 0.15) is 0 Å². The predicted octanol–water partition coefficient (Wildman–Crippen LogP) is 4.11. The fraction of sp³-hybridized carbons (Fsp3) is 0.222. The number of carbonyl (C=O) groups is 2. The van der Waals surface area contributed by atoms with Gasteiger partial charge in [0.05, 0.1) is 21.7 Å². The fourth-order valence-electron chi connectivity index (χ4n) is 2.28. The number of halogens is 3.